The number of aryl methyl sites for hydroxylation is 1. The number of amides is 1. The summed E-state index contributed by atoms with van der Waals surface area (Å²) in [5.41, 5.74) is -0.260. The average molecular weight is 377 g/mol. The fourth-order valence-electron chi connectivity index (χ4n) is 3.08. The molecule has 1 aromatic carbocycles. The van der Waals surface area contributed by atoms with Gasteiger partial charge in [-0.25, -0.2) is 22.5 Å². The lowest BCUT2D eigenvalue weighted by Gasteiger charge is -2.16. The molecule has 9 heteroatoms. The number of rotatable bonds is 2. The Bertz CT molecular complexity index is 1110. The molecule has 3 aromatic rings. The SMILES string of the molecule is O=C(Nc1c(F)cc(F)cc1F)C1=C(O)CCc2c1nc1cc(F)ccn21. The lowest BCUT2D eigenvalue weighted by molar-refractivity contribution is -0.111. The van der Waals surface area contributed by atoms with Crippen molar-refractivity contribution >= 4 is 22.8 Å². The van der Waals surface area contributed by atoms with Crippen molar-refractivity contribution in [2.75, 3.05) is 5.32 Å². The van der Waals surface area contributed by atoms with Crippen LogP contribution in [0.4, 0.5) is 23.2 Å². The summed E-state index contributed by atoms with van der Waals surface area (Å²) in [6, 6.07) is 3.22. The number of nitrogens with zero attached hydrogens (tertiary/aromatic N) is 2. The topological polar surface area (TPSA) is 66.6 Å². The molecule has 0 saturated heterocycles. The third-order valence-corrected chi connectivity index (χ3v) is 4.28. The van der Waals surface area contributed by atoms with Gasteiger partial charge < -0.3 is 14.8 Å². The molecule has 0 aliphatic heterocycles. The highest BCUT2D eigenvalue weighted by Crippen LogP contribution is 2.32. The van der Waals surface area contributed by atoms with Crippen molar-refractivity contribution in [1.29, 1.82) is 0 Å². The minimum Gasteiger partial charge on any atom is -0.511 e. The molecule has 0 spiro atoms. The van der Waals surface area contributed by atoms with Gasteiger partial charge in [0.15, 0.2) is 11.6 Å². The molecular weight excluding hydrogens is 366 g/mol. The summed E-state index contributed by atoms with van der Waals surface area (Å²) in [5, 5.41) is 12.2. The van der Waals surface area contributed by atoms with Crippen molar-refractivity contribution < 1.29 is 27.5 Å². The highest BCUT2D eigenvalue weighted by atomic mass is 19.1. The van der Waals surface area contributed by atoms with Gasteiger partial charge in [-0.2, -0.15) is 0 Å². The molecular formula is C18H11F4N3O2. The standard InChI is InChI=1S/C18H11F4N3O2/c19-8-3-4-25-12-1-2-13(26)15(17(12)23-14(25)7-8)18(27)24-16-10(21)5-9(20)6-11(16)22/h3-7,26H,1-2H2,(H,24,27). The van der Waals surface area contributed by atoms with Gasteiger partial charge in [-0.3, -0.25) is 4.79 Å². The number of aliphatic hydroxyl groups excluding tert-OH is 1. The summed E-state index contributed by atoms with van der Waals surface area (Å²) >= 11 is 0. The number of halogens is 4. The van der Waals surface area contributed by atoms with Gasteiger partial charge in [0.05, 0.1) is 5.69 Å². The second-order valence-electron chi connectivity index (χ2n) is 6.00. The van der Waals surface area contributed by atoms with Crippen molar-refractivity contribution in [1.82, 2.24) is 9.38 Å². The summed E-state index contributed by atoms with van der Waals surface area (Å²) in [5.74, 6) is -5.58. The molecule has 0 fully saturated rings. The second-order valence-corrected chi connectivity index (χ2v) is 6.00. The van der Waals surface area contributed by atoms with Crippen LogP contribution in [0, 0.1) is 23.3 Å². The third kappa shape index (κ3) is 2.80. The Balaban J connectivity index is 1.78. The maximum Gasteiger partial charge on any atom is 0.261 e. The molecule has 1 amide bonds. The molecule has 1 aliphatic carbocycles. The van der Waals surface area contributed by atoms with Crippen LogP contribution in [0.15, 0.2) is 36.2 Å². The molecule has 0 saturated carbocycles. The van der Waals surface area contributed by atoms with Gasteiger partial charge >= 0.3 is 0 Å². The van der Waals surface area contributed by atoms with Crippen LogP contribution in [0.25, 0.3) is 11.2 Å². The zero-order chi connectivity index (χ0) is 19.3. The Morgan fingerprint density at radius 2 is 1.78 bits per heavy atom. The van der Waals surface area contributed by atoms with E-state index >= 15 is 0 Å². The first kappa shape index (κ1) is 17.1. The van der Waals surface area contributed by atoms with Gasteiger partial charge in [0.25, 0.3) is 5.91 Å². The summed E-state index contributed by atoms with van der Waals surface area (Å²) in [7, 11) is 0. The van der Waals surface area contributed by atoms with Crippen molar-refractivity contribution in [3.05, 3.63) is 70.9 Å². The molecule has 138 valence electrons. The first-order valence-corrected chi connectivity index (χ1v) is 7.90. The van der Waals surface area contributed by atoms with Crippen molar-refractivity contribution in [3.63, 3.8) is 0 Å². The predicted octanol–water partition coefficient (Wildman–Crippen LogP) is 3.74. The van der Waals surface area contributed by atoms with Gasteiger partial charge in [0, 0.05) is 30.8 Å². The predicted molar refractivity (Wildman–Crippen MR) is 88.0 cm³/mol. The van der Waals surface area contributed by atoms with E-state index in [9.17, 15) is 27.5 Å². The molecule has 0 unspecified atom stereocenters. The van der Waals surface area contributed by atoms with E-state index in [0.29, 0.717) is 24.2 Å². The fraction of sp³-hybridized carbons (Fsp3) is 0.111. The van der Waals surface area contributed by atoms with Crippen molar-refractivity contribution in [2.45, 2.75) is 12.8 Å². The summed E-state index contributed by atoms with van der Waals surface area (Å²) in [4.78, 5) is 16.8. The molecule has 27 heavy (non-hydrogen) atoms. The van der Waals surface area contributed by atoms with Crippen molar-refractivity contribution in [3.8, 4) is 0 Å². The zero-order valence-electron chi connectivity index (χ0n) is 13.6. The Kier molecular flexibility index (Phi) is 3.87. The van der Waals surface area contributed by atoms with Crippen LogP contribution in [0.3, 0.4) is 0 Å². The van der Waals surface area contributed by atoms with Crippen LogP contribution in [-0.4, -0.2) is 20.4 Å². The maximum atomic E-state index is 13.8. The Hall–Kier alpha value is -3.36. The van der Waals surface area contributed by atoms with Gasteiger partial charge in [-0.15, -0.1) is 0 Å². The molecule has 0 atom stereocenters. The first-order valence-electron chi connectivity index (χ1n) is 7.90. The highest BCUT2D eigenvalue weighted by molar-refractivity contribution is 6.26. The number of imidazole rings is 1. The number of hydrogen-bond donors (Lipinski definition) is 2. The average Bonchev–Trinajstić information content (AvgIpc) is 2.94. The maximum absolute atomic E-state index is 13.8. The van der Waals surface area contributed by atoms with Crippen LogP contribution in [-0.2, 0) is 11.2 Å². The molecule has 2 heterocycles. The fourth-order valence-corrected chi connectivity index (χ4v) is 3.08. The number of nitrogens with one attached hydrogen (secondary N) is 1. The number of hydrogen-bond acceptors (Lipinski definition) is 3. The zero-order valence-corrected chi connectivity index (χ0v) is 13.6. The van der Waals surface area contributed by atoms with Crippen LogP contribution in [0.1, 0.15) is 17.8 Å². The molecule has 1 aliphatic rings. The van der Waals surface area contributed by atoms with Crippen LogP contribution < -0.4 is 5.32 Å². The number of benzene rings is 1. The van der Waals surface area contributed by atoms with E-state index in [1.165, 1.54) is 12.3 Å². The van der Waals surface area contributed by atoms with E-state index in [4.69, 9.17) is 0 Å². The summed E-state index contributed by atoms with van der Waals surface area (Å²) in [6.07, 6.45) is 1.87. The van der Waals surface area contributed by atoms with Crippen molar-refractivity contribution in [2.24, 2.45) is 0 Å². The van der Waals surface area contributed by atoms with E-state index in [1.807, 2.05) is 5.32 Å². The monoisotopic (exact) mass is 377 g/mol. The van der Waals surface area contributed by atoms with Crippen LogP contribution >= 0.6 is 0 Å². The normalized spacial score (nSPS) is 13.8. The number of allylic oxidation sites excluding steroid dienone is 1. The van der Waals surface area contributed by atoms with E-state index in [1.54, 1.807) is 4.40 Å². The minimum atomic E-state index is -1.30. The molecule has 0 radical (unpaired) electrons. The highest BCUT2D eigenvalue weighted by Gasteiger charge is 2.30. The number of anilines is 1. The lowest BCUT2D eigenvalue weighted by atomic mass is 9.97. The summed E-state index contributed by atoms with van der Waals surface area (Å²) in [6.45, 7) is 0. The van der Waals surface area contributed by atoms with Crippen LogP contribution in [0.5, 0.6) is 0 Å². The quantitative estimate of drug-likeness (QED) is 0.669. The Morgan fingerprint density at radius 3 is 2.48 bits per heavy atom. The van der Waals surface area contributed by atoms with Crippen LogP contribution in [0.2, 0.25) is 0 Å². The number of pyridine rings is 1. The number of carbonyl (C=O) groups excluding carboxylic acids is 1. The van der Waals surface area contributed by atoms with E-state index < -0.39 is 34.9 Å². The van der Waals surface area contributed by atoms with E-state index in [-0.39, 0.29) is 29.1 Å². The van der Waals surface area contributed by atoms with Gasteiger partial charge in [-0.1, -0.05) is 0 Å². The molecule has 2 N–H and O–H groups in total. The number of fused-ring (bicyclic) bond motifs is 3. The largest absolute Gasteiger partial charge is 0.511 e. The number of aliphatic hydroxyl groups is 1. The third-order valence-electron chi connectivity index (χ3n) is 4.28. The number of carbonyl (C=O) groups is 1. The Labute approximate surface area is 149 Å². The van der Waals surface area contributed by atoms with Gasteiger partial charge in [0.1, 0.15) is 40.0 Å². The first-order chi connectivity index (χ1) is 12.8. The van der Waals surface area contributed by atoms with Gasteiger partial charge in [-0.05, 0) is 12.5 Å². The molecule has 4 rings (SSSR count). The lowest BCUT2D eigenvalue weighted by Crippen LogP contribution is -2.21. The van der Waals surface area contributed by atoms with Gasteiger partial charge in [0.2, 0.25) is 0 Å². The second kappa shape index (κ2) is 6.11. The molecule has 5 nitrogen and oxygen atoms in total. The smallest absolute Gasteiger partial charge is 0.261 e. The van der Waals surface area contributed by atoms with E-state index in [2.05, 4.69) is 4.98 Å². The summed E-state index contributed by atoms with van der Waals surface area (Å²) < 4.78 is 55.6. The van der Waals surface area contributed by atoms with E-state index in [0.717, 1.165) is 6.07 Å². The molecule has 2 aromatic heterocycles. The molecule has 0 bridgehead atoms. The number of aromatic nitrogens is 2. The Morgan fingerprint density at radius 1 is 1.07 bits per heavy atom. The minimum absolute atomic E-state index is 0.0878.